The lowest BCUT2D eigenvalue weighted by Gasteiger charge is -2.21. The van der Waals surface area contributed by atoms with Crippen molar-refractivity contribution in [2.24, 2.45) is 0 Å². The fourth-order valence-electron chi connectivity index (χ4n) is 6.11. The number of pyridine rings is 1. The van der Waals surface area contributed by atoms with Gasteiger partial charge in [-0.1, -0.05) is 105 Å². The van der Waals surface area contributed by atoms with Gasteiger partial charge in [0.25, 0.3) is 0 Å². The van der Waals surface area contributed by atoms with Crippen molar-refractivity contribution in [2.75, 3.05) is 0 Å². The number of rotatable bonds is 4. The van der Waals surface area contributed by atoms with Crippen LogP contribution in [0.4, 0.5) is 0 Å². The van der Waals surface area contributed by atoms with E-state index < -0.39 is 0 Å². The zero-order valence-electron chi connectivity index (χ0n) is 23.2. The zero-order valence-corrected chi connectivity index (χ0v) is 24.1. The highest BCUT2D eigenvalue weighted by Crippen LogP contribution is 2.51. The van der Waals surface area contributed by atoms with Gasteiger partial charge in [0.05, 0.1) is 4.88 Å². The Morgan fingerprint density at radius 3 is 2.12 bits per heavy atom. The van der Waals surface area contributed by atoms with Crippen LogP contribution in [-0.2, 0) is 5.41 Å². The van der Waals surface area contributed by atoms with Gasteiger partial charge >= 0.3 is 0 Å². The van der Waals surface area contributed by atoms with Gasteiger partial charge in [0.1, 0.15) is 0 Å². The van der Waals surface area contributed by atoms with E-state index in [0.717, 1.165) is 27.1 Å². The lowest BCUT2D eigenvalue weighted by Crippen LogP contribution is -2.14. The summed E-state index contributed by atoms with van der Waals surface area (Å²) < 4.78 is 1.22. The summed E-state index contributed by atoms with van der Waals surface area (Å²) in [5, 5.41) is 1.19. The van der Waals surface area contributed by atoms with Crippen molar-refractivity contribution in [3.05, 3.63) is 133 Å². The molecule has 0 unspecified atom stereocenters. The second kappa shape index (κ2) is 9.54. The normalized spacial score (nSPS) is 13.2. The fourth-order valence-corrected chi connectivity index (χ4v) is 7.11. The summed E-state index contributed by atoms with van der Waals surface area (Å²) in [4.78, 5) is 20.6. The summed E-state index contributed by atoms with van der Waals surface area (Å²) in [7, 11) is 0. The molecule has 3 aromatic heterocycles. The number of aromatic nitrogens is 4. The minimum absolute atomic E-state index is 0.103. The molecule has 7 aromatic rings. The molecule has 200 valence electrons. The van der Waals surface area contributed by atoms with Gasteiger partial charge in [0, 0.05) is 33.6 Å². The molecule has 42 heavy (non-hydrogen) atoms. The van der Waals surface area contributed by atoms with E-state index >= 15 is 0 Å². The molecular weight excluding hydrogens is 533 g/mol. The van der Waals surface area contributed by atoms with Gasteiger partial charge in [-0.2, -0.15) is 0 Å². The third-order valence-corrected chi connectivity index (χ3v) is 9.38. The van der Waals surface area contributed by atoms with Gasteiger partial charge in [0.2, 0.25) is 0 Å². The van der Waals surface area contributed by atoms with E-state index in [2.05, 4.69) is 122 Å². The second-order valence-electron chi connectivity index (χ2n) is 11.2. The van der Waals surface area contributed by atoms with Crippen LogP contribution in [0.1, 0.15) is 25.0 Å². The zero-order chi connectivity index (χ0) is 28.3. The number of benzene rings is 4. The molecule has 0 atom stereocenters. The van der Waals surface area contributed by atoms with Crippen molar-refractivity contribution in [1.29, 1.82) is 0 Å². The molecule has 0 spiro atoms. The maximum atomic E-state index is 5.14. The number of nitrogens with zero attached hydrogens (tertiary/aromatic N) is 4. The number of hydrogen-bond acceptors (Lipinski definition) is 5. The molecule has 1 aliphatic rings. The van der Waals surface area contributed by atoms with Crippen LogP contribution in [0.5, 0.6) is 0 Å². The number of fused-ring (bicyclic) bond motifs is 4. The van der Waals surface area contributed by atoms with Gasteiger partial charge in [0.15, 0.2) is 17.5 Å². The molecule has 0 bridgehead atoms. The Bertz CT molecular complexity index is 2080. The van der Waals surface area contributed by atoms with E-state index in [9.17, 15) is 0 Å². The molecule has 0 fully saturated rings. The molecule has 0 saturated heterocycles. The first-order chi connectivity index (χ1) is 20.6. The van der Waals surface area contributed by atoms with Gasteiger partial charge in [-0.05, 0) is 57.0 Å². The third kappa shape index (κ3) is 3.97. The Kier molecular flexibility index (Phi) is 5.62. The summed E-state index contributed by atoms with van der Waals surface area (Å²) in [5.74, 6) is 2.04. The smallest absolute Gasteiger partial charge is 0.174 e. The van der Waals surface area contributed by atoms with Gasteiger partial charge in [-0.15, -0.1) is 11.3 Å². The van der Waals surface area contributed by atoms with E-state index in [4.69, 9.17) is 15.0 Å². The molecule has 0 N–H and O–H groups in total. The molecule has 3 heterocycles. The molecular formula is C37H26N4S. The van der Waals surface area contributed by atoms with E-state index in [1.165, 1.54) is 32.3 Å². The van der Waals surface area contributed by atoms with Crippen LogP contribution in [0.3, 0.4) is 0 Å². The molecule has 0 saturated carbocycles. The Balaban J connectivity index is 1.33. The van der Waals surface area contributed by atoms with Crippen molar-refractivity contribution < 1.29 is 0 Å². The number of thiophene rings is 1. The Morgan fingerprint density at radius 2 is 1.29 bits per heavy atom. The third-order valence-electron chi connectivity index (χ3n) is 8.27. The van der Waals surface area contributed by atoms with Crippen molar-refractivity contribution in [3.8, 4) is 55.7 Å². The molecule has 1 aliphatic carbocycles. The lowest BCUT2D eigenvalue weighted by molar-refractivity contribution is 0.660. The van der Waals surface area contributed by atoms with E-state index in [-0.39, 0.29) is 5.41 Å². The van der Waals surface area contributed by atoms with Crippen molar-refractivity contribution in [2.45, 2.75) is 19.3 Å². The average Bonchev–Trinajstić information content (AvgIpc) is 3.58. The van der Waals surface area contributed by atoms with E-state index in [0.29, 0.717) is 17.5 Å². The average molecular weight is 559 g/mol. The summed E-state index contributed by atoms with van der Waals surface area (Å²) in [6.45, 7) is 4.60. The topological polar surface area (TPSA) is 51.6 Å². The SMILES string of the molecule is CC1(C)c2ccccc2-c2c(-c3nc(-c4ccc(-c5cccnc5)cc4)nc(-c4cc5ccccc5s4)n3)cccc21. The highest BCUT2D eigenvalue weighted by molar-refractivity contribution is 7.22. The molecule has 5 heteroatoms. The van der Waals surface area contributed by atoms with Crippen LogP contribution in [-0.4, -0.2) is 19.9 Å². The maximum absolute atomic E-state index is 5.14. The second-order valence-corrected chi connectivity index (χ2v) is 12.3. The quantitative estimate of drug-likeness (QED) is 0.216. The Morgan fingerprint density at radius 1 is 0.571 bits per heavy atom. The van der Waals surface area contributed by atoms with Crippen LogP contribution in [0.2, 0.25) is 0 Å². The van der Waals surface area contributed by atoms with Gasteiger partial charge in [-0.3, -0.25) is 4.98 Å². The van der Waals surface area contributed by atoms with Gasteiger partial charge in [-0.25, -0.2) is 15.0 Å². The standard InChI is InChI=1S/C37H26N4S/c1-37(2)29-13-5-4-11-27(29)33-28(12-7-14-30(33)37)35-39-34(24-18-16-23(17-19-24)26-10-8-20-38-22-26)40-36(41-35)32-21-25-9-3-6-15-31(25)42-32/h3-22H,1-2H3. The summed E-state index contributed by atoms with van der Waals surface area (Å²) in [6.07, 6.45) is 3.67. The minimum atomic E-state index is -0.103. The predicted molar refractivity (Wildman–Crippen MR) is 172 cm³/mol. The molecule has 0 aliphatic heterocycles. The monoisotopic (exact) mass is 558 g/mol. The fraction of sp³-hybridized carbons (Fsp3) is 0.0811. The molecule has 4 nitrogen and oxygen atoms in total. The minimum Gasteiger partial charge on any atom is -0.264 e. The first kappa shape index (κ1) is 24.8. The van der Waals surface area contributed by atoms with Crippen LogP contribution in [0.25, 0.3) is 65.8 Å². The van der Waals surface area contributed by atoms with E-state index in [1.54, 1.807) is 17.5 Å². The van der Waals surface area contributed by atoms with Gasteiger partial charge < -0.3 is 0 Å². The maximum Gasteiger partial charge on any atom is 0.174 e. The van der Waals surface area contributed by atoms with Crippen molar-refractivity contribution in [1.82, 2.24) is 19.9 Å². The Hall–Kier alpha value is -5.00. The highest BCUT2D eigenvalue weighted by Gasteiger charge is 2.37. The first-order valence-electron chi connectivity index (χ1n) is 14.1. The van der Waals surface area contributed by atoms with Crippen LogP contribution in [0.15, 0.2) is 122 Å². The molecule has 8 rings (SSSR count). The number of hydrogen-bond donors (Lipinski definition) is 0. The molecule has 0 amide bonds. The largest absolute Gasteiger partial charge is 0.264 e. The summed E-state index contributed by atoms with van der Waals surface area (Å²) in [6, 6.07) is 38.2. The highest BCUT2D eigenvalue weighted by atomic mass is 32.1. The summed E-state index contributed by atoms with van der Waals surface area (Å²) >= 11 is 1.71. The Labute approximate surface area is 248 Å². The van der Waals surface area contributed by atoms with Crippen molar-refractivity contribution >= 4 is 21.4 Å². The summed E-state index contributed by atoms with van der Waals surface area (Å²) in [5.41, 5.74) is 9.14. The predicted octanol–water partition coefficient (Wildman–Crippen LogP) is 9.46. The molecule has 4 aromatic carbocycles. The molecule has 0 radical (unpaired) electrons. The van der Waals surface area contributed by atoms with Crippen LogP contribution in [0, 0.1) is 0 Å². The van der Waals surface area contributed by atoms with Crippen molar-refractivity contribution in [3.63, 3.8) is 0 Å². The lowest BCUT2D eigenvalue weighted by atomic mass is 9.82. The van der Waals surface area contributed by atoms with E-state index in [1.807, 2.05) is 12.3 Å². The van der Waals surface area contributed by atoms with Crippen LogP contribution < -0.4 is 0 Å². The first-order valence-corrected chi connectivity index (χ1v) is 14.9. The van der Waals surface area contributed by atoms with Crippen LogP contribution >= 0.6 is 11.3 Å².